The van der Waals surface area contributed by atoms with Crippen LogP contribution in [0.15, 0.2) is 18.2 Å². The molecule has 0 spiro atoms. The van der Waals surface area contributed by atoms with Crippen molar-refractivity contribution in [2.75, 3.05) is 6.67 Å². The number of halogens is 2. The van der Waals surface area contributed by atoms with Crippen molar-refractivity contribution >= 4 is 12.4 Å². The van der Waals surface area contributed by atoms with E-state index in [0.29, 0.717) is 0 Å². The van der Waals surface area contributed by atoms with Crippen LogP contribution in [-0.2, 0) is 0 Å². The van der Waals surface area contributed by atoms with Crippen LogP contribution in [0, 0.1) is 13.8 Å². The maximum atomic E-state index is 12.2. The second-order valence-electron chi connectivity index (χ2n) is 3.18. The fraction of sp³-hybridized carbons (Fsp3) is 0.400. The number of alkyl halides is 1. The Labute approximate surface area is 84.5 Å². The molecule has 1 nitrogen and oxygen atoms in total. The molecule has 0 saturated carbocycles. The molecule has 0 saturated heterocycles. The zero-order valence-corrected chi connectivity index (χ0v) is 8.70. The van der Waals surface area contributed by atoms with Gasteiger partial charge in [0.1, 0.15) is 6.67 Å². The van der Waals surface area contributed by atoms with Gasteiger partial charge in [-0.2, -0.15) is 0 Å². The summed E-state index contributed by atoms with van der Waals surface area (Å²) >= 11 is 0. The molecule has 74 valence electrons. The number of hydrogen-bond acceptors (Lipinski definition) is 1. The third-order valence-corrected chi connectivity index (χ3v) is 1.84. The fourth-order valence-electron chi connectivity index (χ4n) is 1.31. The molecule has 0 bridgehead atoms. The molecule has 3 heteroatoms. The van der Waals surface area contributed by atoms with Crippen molar-refractivity contribution in [1.82, 2.24) is 0 Å². The number of rotatable bonds is 2. The first-order chi connectivity index (χ1) is 5.63. The summed E-state index contributed by atoms with van der Waals surface area (Å²) in [4.78, 5) is 0. The second-order valence-corrected chi connectivity index (χ2v) is 3.18. The van der Waals surface area contributed by atoms with E-state index in [2.05, 4.69) is 6.07 Å². The molecule has 0 aliphatic heterocycles. The molecule has 1 aromatic carbocycles. The Bertz CT molecular complexity index is 255. The third kappa shape index (κ3) is 3.33. The van der Waals surface area contributed by atoms with Gasteiger partial charge in [0.2, 0.25) is 0 Å². The van der Waals surface area contributed by atoms with E-state index in [1.54, 1.807) is 0 Å². The van der Waals surface area contributed by atoms with Crippen molar-refractivity contribution in [3.8, 4) is 0 Å². The van der Waals surface area contributed by atoms with Crippen LogP contribution in [0.3, 0.4) is 0 Å². The zero-order chi connectivity index (χ0) is 9.14. The summed E-state index contributed by atoms with van der Waals surface area (Å²) in [6.45, 7) is 3.48. The quantitative estimate of drug-likeness (QED) is 0.786. The van der Waals surface area contributed by atoms with E-state index in [-0.39, 0.29) is 12.4 Å². The highest BCUT2D eigenvalue weighted by Gasteiger charge is 2.05. The lowest BCUT2D eigenvalue weighted by molar-refractivity contribution is 0.437. The minimum Gasteiger partial charge on any atom is -0.322 e. The fourth-order valence-corrected chi connectivity index (χ4v) is 1.31. The minimum absolute atomic E-state index is 0. The van der Waals surface area contributed by atoms with E-state index in [1.165, 1.54) is 0 Å². The minimum atomic E-state index is -0.497. The van der Waals surface area contributed by atoms with E-state index >= 15 is 0 Å². The van der Waals surface area contributed by atoms with Crippen molar-refractivity contribution in [1.29, 1.82) is 0 Å². The molecule has 0 aliphatic rings. The van der Waals surface area contributed by atoms with Gasteiger partial charge < -0.3 is 5.73 Å². The smallest absolute Gasteiger partial charge is 0.109 e. The monoisotopic (exact) mass is 203 g/mol. The Morgan fingerprint density at radius 3 is 2.08 bits per heavy atom. The number of benzene rings is 1. The third-order valence-electron chi connectivity index (χ3n) is 1.84. The van der Waals surface area contributed by atoms with E-state index in [1.807, 2.05) is 26.0 Å². The average Bonchev–Trinajstić information content (AvgIpc) is 2.01. The van der Waals surface area contributed by atoms with Gasteiger partial charge in [-0.15, -0.1) is 12.4 Å². The van der Waals surface area contributed by atoms with E-state index in [0.717, 1.165) is 16.7 Å². The molecule has 0 amide bonds. The molecule has 0 radical (unpaired) electrons. The normalized spacial score (nSPS) is 12.0. The first-order valence-electron chi connectivity index (χ1n) is 4.03. The van der Waals surface area contributed by atoms with Gasteiger partial charge in [0.25, 0.3) is 0 Å². The second kappa shape index (κ2) is 5.20. The van der Waals surface area contributed by atoms with E-state index in [9.17, 15) is 4.39 Å². The highest BCUT2D eigenvalue weighted by molar-refractivity contribution is 5.85. The van der Waals surface area contributed by atoms with Crippen LogP contribution < -0.4 is 5.73 Å². The maximum Gasteiger partial charge on any atom is 0.109 e. The van der Waals surface area contributed by atoms with Gasteiger partial charge in [-0.05, 0) is 19.4 Å². The predicted molar refractivity (Wildman–Crippen MR) is 56.1 cm³/mol. The summed E-state index contributed by atoms with van der Waals surface area (Å²) in [6, 6.07) is 5.44. The van der Waals surface area contributed by atoms with Crippen molar-refractivity contribution in [3.63, 3.8) is 0 Å². The molecule has 0 fully saturated rings. The summed E-state index contributed by atoms with van der Waals surface area (Å²) in [5, 5.41) is 0. The summed E-state index contributed by atoms with van der Waals surface area (Å²) in [5.41, 5.74) is 8.71. The Kier molecular flexibility index (Phi) is 4.96. The van der Waals surface area contributed by atoms with Crippen molar-refractivity contribution in [3.05, 3.63) is 34.9 Å². The summed E-state index contributed by atoms with van der Waals surface area (Å²) in [5.74, 6) is 0. The lowest BCUT2D eigenvalue weighted by Gasteiger charge is -2.09. The Balaban J connectivity index is 0.00000144. The molecule has 0 unspecified atom stereocenters. The van der Waals surface area contributed by atoms with E-state index in [4.69, 9.17) is 5.73 Å². The molecule has 1 aromatic rings. The SMILES string of the molecule is Cc1cc(C)cc([C@@H](N)CF)c1.Cl. The van der Waals surface area contributed by atoms with Gasteiger partial charge in [0, 0.05) is 0 Å². The topological polar surface area (TPSA) is 26.0 Å². The van der Waals surface area contributed by atoms with E-state index < -0.39 is 12.7 Å². The van der Waals surface area contributed by atoms with Gasteiger partial charge >= 0.3 is 0 Å². The first kappa shape index (κ1) is 12.4. The first-order valence-corrected chi connectivity index (χ1v) is 4.03. The van der Waals surface area contributed by atoms with Gasteiger partial charge in [0.15, 0.2) is 0 Å². The molecule has 0 aliphatic carbocycles. The molecule has 1 rings (SSSR count). The van der Waals surface area contributed by atoms with Gasteiger partial charge in [-0.1, -0.05) is 29.3 Å². The molecule has 0 aromatic heterocycles. The van der Waals surface area contributed by atoms with Gasteiger partial charge in [0.05, 0.1) is 6.04 Å². The van der Waals surface area contributed by atoms with Crippen LogP contribution in [0.25, 0.3) is 0 Å². The largest absolute Gasteiger partial charge is 0.322 e. The predicted octanol–water partition coefficient (Wildman–Crippen LogP) is 2.69. The Morgan fingerprint density at radius 2 is 1.69 bits per heavy atom. The van der Waals surface area contributed by atoms with Crippen LogP contribution in [0.2, 0.25) is 0 Å². The summed E-state index contributed by atoms with van der Waals surface area (Å²) in [7, 11) is 0. The maximum absolute atomic E-state index is 12.2. The zero-order valence-electron chi connectivity index (χ0n) is 7.88. The van der Waals surface area contributed by atoms with Crippen LogP contribution >= 0.6 is 12.4 Å². The van der Waals surface area contributed by atoms with Gasteiger partial charge in [-0.3, -0.25) is 0 Å². The molecule has 1 atom stereocenters. The van der Waals surface area contributed by atoms with Crippen LogP contribution in [-0.4, -0.2) is 6.67 Å². The number of aryl methyl sites for hydroxylation is 2. The highest BCUT2D eigenvalue weighted by Crippen LogP contribution is 2.15. The molecule has 13 heavy (non-hydrogen) atoms. The lowest BCUT2D eigenvalue weighted by Crippen LogP contribution is -2.12. The van der Waals surface area contributed by atoms with Crippen LogP contribution in [0.4, 0.5) is 4.39 Å². The number of hydrogen-bond donors (Lipinski definition) is 1. The Morgan fingerprint density at radius 1 is 1.23 bits per heavy atom. The molecule has 2 N–H and O–H groups in total. The summed E-state index contributed by atoms with van der Waals surface area (Å²) < 4.78 is 12.2. The standard InChI is InChI=1S/C10H14FN.ClH/c1-7-3-8(2)5-9(4-7)10(12)6-11;/h3-5,10H,6,12H2,1-2H3;1H/t10-;/m0./s1. The van der Waals surface area contributed by atoms with Crippen LogP contribution in [0.1, 0.15) is 22.7 Å². The Hall–Kier alpha value is -0.600. The highest BCUT2D eigenvalue weighted by atomic mass is 35.5. The molecular formula is C10H15ClFN. The molecular weight excluding hydrogens is 189 g/mol. The average molecular weight is 204 g/mol. The van der Waals surface area contributed by atoms with Gasteiger partial charge in [-0.25, -0.2) is 4.39 Å². The van der Waals surface area contributed by atoms with Crippen molar-refractivity contribution < 1.29 is 4.39 Å². The number of nitrogens with two attached hydrogens (primary N) is 1. The summed E-state index contributed by atoms with van der Waals surface area (Å²) in [6.07, 6.45) is 0. The lowest BCUT2D eigenvalue weighted by atomic mass is 10.0. The van der Waals surface area contributed by atoms with Crippen molar-refractivity contribution in [2.24, 2.45) is 5.73 Å². The molecule has 0 heterocycles. The van der Waals surface area contributed by atoms with Crippen molar-refractivity contribution in [2.45, 2.75) is 19.9 Å². The van der Waals surface area contributed by atoms with Crippen LogP contribution in [0.5, 0.6) is 0 Å².